The van der Waals surface area contributed by atoms with E-state index in [0.29, 0.717) is 0 Å². The van der Waals surface area contributed by atoms with Crippen LogP contribution >= 0.6 is 0 Å². The highest BCUT2D eigenvalue weighted by molar-refractivity contribution is 6.93. The first-order chi connectivity index (χ1) is 24.2. The summed E-state index contributed by atoms with van der Waals surface area (Å²) < 4.78 is 5.06. The van der Waals surface area contributed by atoms with Gasteiger partial charge in [-0.2, -0.15) is 0 Å². The van der Waals surface area contributed by atoms with E-state index in [4.69, 9.17) is 4.98 Å². The second kappa shape index (κ2) is 10.3. The van der Waals surface area contributed by atoms with E-state index in [-0.39, 0.29) is 28.4 Å². The first-order valence-corrected chi connectivity index (χ1v) is 19.1. The lowest BCUT2D eigenvalue weighted by atomic mass is 9.35. The van der Waals surface area contributed by atoms with Gasteiger partial charge in [-0.25, -0.2) is 4.98 Å². The second-order valence-corrected chi connectivity index (χ2v) is 17.6. The maximum Gasteiger partial charge on any atom is 0.241 e. The van der Waals surface area contributed by atoms with Gasteiger partial charge in [-0.1, -0.05) is 153 Å². The summed E-state index contributed by atoms with van der Waals surface area (Å²) in [5.74, 6) is 0.993. The molecule has 3 heterocycles. The fourth-order valence-corrected chi connectivity index (χ4v) is 10.7. The number of rotatable bonds is 2. The van der Waals surface area contributed by atoms with Gasteiger partial charge >= 0.3 is 0 Å². The minimum atomic E-state index is -0.0416. The van der Waals surface area contributed by atoms with E-state index in [1.165, 1.54) is 77.2 Å². The zero-order valence-electron chi connectivity index (χ0n) is 32.3. The van der Waals surface area contributed by atoms with Crippen molar-refractivity contribution in [3.05, 3.63) is 124 Å². The van der Waals surface area contributed by atoms with Crippen molar-refractivity contribution in [2.24, 2.45) is 0 Å². The Morgan fingerprint density at radius 2 is 1.24 bits per heavy atom. The molecule has 51 heavy (non-hydrogen) atoms. The van der Waals surface area contributed by atoms with E-state index in [9.17, 15) is 0 Å². The molecule has 0 amide bonds. The first-order valence-electron chi connectivity index (χ1n) is 19.1. The van der Waals surface area contributed by atoms with Crippen molar-refractivity contribution >= 4 is 62.0 Å². The summed E-state index contributed by atoms with van der Waals surface area (Å²) >= 11 is 0. The lowest BCUT2D eigenvalue weighted by Gasteiger charge is -2.37. The maximum atomic E-state index is 5.64. The standard InChI is InChI=1S/C45H44BN3.C2H6/c1-26-39(27-16-12-10-13-17-27)49-40-33(46(26)28-18-14-11-15-19-28)22-32-37-29(44(6,7)45(32,8)9)20-21-35(38(37)40)48-36-24-31-30(23-34(36)47-41(48)49)42(2,3)25-43(31,4)5;1-2/h10-24H,25H2,1-9H3;1-2H3. The van der Waals surface area contributed by atoms with Crippen molar-refractivity contribution in [2.75, 3.05) is 0 Å². The van der Waals surface area contributed by atoms with Gasteiger partial charge in [0.2, 0.25) is 12.5 Å². The highest BCUT2D eigenvalue weighted by Crippen LogP contribution is 2.56. The van der Waals surface area contributed by atoms with Gasteiger partial charge in [0, 0.05) is 11.1 Å². The number of imidazole rings is 1. The average molecular weight is 668 g/mol. The molecular formula is C47H50BN3. The van der Waals surface area contributed by atoms with Crippen LogP contribution in [0.4, 0.5) is 0 Å². The number of hydrogen-bond donors (Lipinski definition) is 0. The lowest BCUT2D eigenvalue weighted by molar-refractivity contribution is 0.322. The number of hydrogen-bond acceptors (Lipinski definition) is 1. The molecule has 10 rings (SSSR count). The molecule has 2 aliphatic carbocycles. The zero-order chi connectivity index (χ0) is 36.0. The van der Waals surface area contributed by atoms with Crippen molar-refractivity contribution in [1.29, 1.82) is 0 Å². The van der Waals surface area contributed by atoms with Gasteiger partial charge in [-0.3, -0.25) is 8.97 Å². The van der Waals surface area contributed by atoms with Crippen LogP contribution in [0.5, 0.6) is 0 Å². The number of aromatic nitrogens is 3. The molecule has 0 bridgehead atoms. The fourth-order valence-electron chi connectivity index (χ4n) is 10.7. The van der Waals surface area contributed by atoms with Crippen LogP contribution in [-0.2, 0) is 21.7 Å². The van der Waals surface area contributed by atoms with Gasteiger partial charge in [0.15, 0.2) is 0 Å². The van der Waals surface area contributed by atoms with E-state index in [1.54, 1.807) is 0 Å². The van der Waals surface area contributed by atoms with E-state index >= 15 is 0 Å². The summed E-state index contributed by atoms with van der Waals surface area (Å²) in [6.07, 6.45) is 1.14. The van der Waals surface area contributed by atoms with Gasteiger partial charge in [-0.15, -0.1) is 0 Å². The topological polar surface area (TPSA) is 22.2 Å². The Bertz CT molecular complexity index is 2630. The van der Waals surface area contributed by atoms with Crippen molar-refractivity contribution < 1.29 is 0 Å². The Hall–Kier alpha value is -4.57. The first kappa shape index (κ1) is 32.3. The van der Waals surface area contributed by atoms with Crippen LogP contribution in [0.2, 0.25) is 0 Å². The van der Waals surface area contributed by atoms with Crippen LogP contribution in [0.1, 0.15) is 110 Å². The predicted octanol–water partition coefficient (Wildman–Crippen LogP) is 10.6. The largest absolute Gasteiger partial charge is 0.280 e. The molecule has 0 atom stereocenters. The fraction of sp³-hybridized carbons (Fsp3) is 0.340. The highest BCUT2D eigenvalue weighted by Gasteiger charge is 2.49. The SMILES string of the molecule is CC.CC1=C(c2ccccc2)n2c3c(cc4c5c(ccc(c53)n3c5cc6c(cc5nc23)C(C)(C)CC6(C)C)C(C)(C)C4(C)C)B1c1ccccc1. The molecule has 4 heteroatoms. The minimum absolute atomic E-state index is 0.0245. The molecule has 3 nitrogen and oxygen atoms in total. The number of benzene rings is 5. The quantitative estimate of drug-likeness (QED) is 0.168. The number of allylic oxidation sites excluding steroid dienone is 1. The van der Waals surface area contributed by atoms with Gasteiger partial charge in [0.25, 0.3) is 0 Å². The molecular weight excluding hydrogens is 617 g/mol. The Morgan fingerprint density at radius 1 is 0.627 bits per heavy atom. The molecule has 2 aromatic heterocycles. The van der Waals surface area contributed by atoms with Gasteiger partial charge in [0.1, 0.15) is 0 Å². The Balaban J connectivity index is 0.00000171. The van der Waals surface area contributed by atoms with E-state index in [2.05, 4.69) is 162 Å². The molecule has 3 aliphatic rings. The van der Waals surface area contributed by atoms with Crippen molar-refractivity contribution in [1.82, 2.24) is 14.0 Å². The van der Waals surface area contributed by atoms with Gasteiger partial charge < -0.3 is 0 Å². The molecule has 256 valence electrons. The molecule has 0 radical (unpaired) electrons. The third-order valence-corrected chi connectivity index (χ3v) is 13.5. The summed E-state index contributed by atoms with van der Waals surface area (Å²) in [6, 6.07) is 34.6. The molecule has 0 fully saturated rings. The molecule has 0 saturated heterocycles. The second-order valence-electron chi connectivity index (χ2n) is 17.6. The van der Waals surface area contributed by atoms with Crippen LogP contribution in [0.15, 0.2) is 96.5 Å². The molecule has 0 N–H and O–H groups in total. The van der Waals surface area contributed by atoms with Crippen LogP contribution in [-0.4, -0.2) is 20.7 Å². The molecule has 0 unspecified atom stereocenters. The predicted molar refractivity (Wildman–Crippen MR) is 220 cm³/mol. The summed E-state index contributed by atoms with van der Waals surface area (Å²) in [5, 5.41) is 2.81. The van der Waals surface area contributed by atoms with Crippen LogP contribution in [0, 0.1) is 0 Å². The summed E-state index contributed by atoms with van der Waals surface area (Å²) in [4.78, 5) is 5.64. The normalized spacial score (nSPS) is 18.9. The van der Waals surface area contributed by atoms with Crippen molar-refractivity contribution in [2.45, 2.75) is 104 Å². The summed E-state index contributed by atoms with van der Waals surface area (Å²) in [7, 11) is 0. The maximum absolute atomic E-state index is 5.64. The lowest BCUT2D eigenvalue weighted by Crippen LogP contribution is -2.48. The Kier molecular flexibility index (Phi) is 6.52. The zero-order valence-corrected chi connectivity index (χ0v) is 32.3. The van der Waals surface area contributed by atoms with Gasteiger partial charge in [-0.05, 0) is 91.9 Å². The van der Waals surface area contributed by atoms with Crippen molar-refractivity contribution in [3.63, 3.8) is 0 Å². The molecule has 1 aliphatic heterocycles. The Morgan fingerprint density at radius 3 is 1.90 bits per heavy atom. The van der Waals surface area contributed by atoms with Crippen LogP contribution in [0.25, 0.3) is 44.3 Å². The average Bonchev–Trinajstić information content (AvgIpc) is 3.63. The van der Waals surface area contributed by atoms with E-state index in [1.807, 2.05) is 13.8 Å². The number of nitrogens with zero attached hydrogens (tertiary/aromatic N) is 3. The third kappa shape index (κ3) is 3.94. The van der Waals surface area contributed by atoms with Crippen LogP contribution < -0.4 is 10.9 Å². The third-order valence-electron chi connectivity index (χ3n) is 13.5. The molecule has 5 aromatic carbocycles. The monoisotopic (exact) mass is 667 g/mol. The van der Waals surface area contributed by atoms with Gasteiger partial charge in [0.05, 0.1) is 22.1 Å². The number of fused-ring (bicyclic) bond motifs is 6. The minimum Gasteiger partial charge on any atom is -0.280 e. The van der Waals surface area contributed by atoms with E-state index < -0.39 is 0 Å². The molecule has 7 aromatic rings. The molecule has 0 spiro atoms. The smallest absolute Gasteiger partial charge is 0.241 e. The summed E-state index contributed by atoms with van der Waals surface area (Å²) in [6.45, 7) is 25.9. The highest BCUT2D eigenvalue weighted by atomic mass is 15.2. The molecule has 0 saturated carbocycles. The summed E-state index contributed by atoms with van der Waals surface area (Å²) in [5.41, 5.74) is 17.4. The van der Waals surface area contributed by atoms with Crippen LogP contribution in [0.3, 0.4) is 0 Å². The van der Waals surface area contributed by atoms with Crippen molar-refractivity contribution in [3.8, 4) is 0 Å². The Labute approximate surface area is 303 Å². The van der Waals surface area contributed by atoms with E-state index in [0.717, 1.165) is 17.7 Å².